The predicted molar refractivity (Wildman–Crippen MR) is 59.5 cm³/mol. The third kappa shape index (κ3) is 1.72. The van der Waals surface area contributed by atoms with Gasteiger partial charge in [0.05, 0.1) is 38.3 Å². The van der Waals surface area contributed by atoms with Gasteiger partial charge in [-0.15, -0.1) is 0 Å². The molecular weight excluding hydrogens is 204 g/mol. The van der Waals surface area contributed by atoms with Crippen molar-refractivity contribution in [3.63, 3.8) is 0 Å². The third-order valence-electron chi connectivity index (χ3n) is 2.71. The zero-order valence-corrected chi connectivity index (χ0v) is 9.49. The van der Waals surface area contributed by atoms with Crippen molar-refractivity contribution < 1.29 is 14.5 Å². The average Bonchev–Trinajstić information content (AvgIpc) is 2.50. The molecule has 2 rings (SSSR count). The SMILES string of the molecule is C[NH+](C)CCN1C(=O)c2ccccc2C1=O. The van der Waals surface area contributed by atoms with Crippen molar-refractivity contribution in [1.29, 1.82) is 0 Å². The van der Waals surface area contributed by atoms with Crippen LogP contribution in [0, 0.1) is 0 Å². The lowest BCUT2D eigenvalue weighted by Gasteiger charge is -2.14. The fourth-order valence-corrected chi connectivity index (χ4v) is 1.78. The van der Waals surface area contributed by atoms with Crippen molar-refractivity contribution >= 4 is 11.8 Å². The van der Waals surface area contributed by atoms with E-state index in [1.165, 1.54) is 9.80 Å². The van der Waals surface area contributed by atoms with E-state index in [2.05, 4.69) is 0 Å². The molecule has 84 valence electrons. The van der Waals surface area contributed by atoms with Gasteiger partial charge in [0.1, 0.15) is 0 Å². The molecule has 16 heavy (non-hydrogen) atoms. The molecule has 0 fully saturated rings. The quantitative estimate of drug-likeness (QED) is 0.692. The molecule has 0 spiro atoms. The molecule has 1 aromatic rings. The monoisotopic (exact) mass is 219 g/mol. The summed E-state index contributed by atoms with van der Waals surface area (Å²) in [6.07, 6.45) is 0. The van der Waals surface area contributed by atoms with Crippen LogP contribution < -0.4 is 4.90 Å². The molecule has 2 amide bonds. The molecule has 0 bridgehead atoms. The highest BCUT2D eigenvalue weighted by atomic mass is 16.2. The molecule has 0 aliphatic carbocycles. The van der Waals surface area contributed by atoms with E-state index in [0.717, 1.165) is 6.54 Å². The van der Waals surface area contributed by atoms with Crippen molar-refractivity contribution in [1.82, 2.24) is 4.90 Å². The molecular formula is C12H15N2O2+. The van der Waals surface area contributed by atoms with E-state index in [4.69, 9.17) is 0 Å². The highest BCUT2D eigenvalue weighted by Gasteiger charge is 2.34. The fraction of sp³-hybridized carbons (Fsp3) is 0.333. The number of hydrogen-bond acceptors (Lipinski definition) is 2. The molecule has 1 N–H and O–H groups in total. The molecule has 0 radical (unpaired) electrons. The van der Waals surface area contributed by atoms with Crippen LogP contribution in [-0.4, -0.2) is 43.9 Å². The van der Waals surface area contributed by atoms with Crippen molar-refractivity contribution in [2.24, 2.45) is 0 Å². The minimum absolute atomic E-state index is 0.165. The molecule has 1 heterocycles. The Morgan fingerprint density at radius 1 is 1.06 bits per heavy atom. The first kappa shape index (κ1) is 10.8. The summed E-state index contributed by atoms with van der Waals surface area (Å²) < 4.78 is 0. The fourth-order valence-electron chi connectivity index (χ4n) is 1.78. The van der Waals surface area contributed by atoms with Gasteiger partial charge in [-0.2, -0.15) is 0 Å². The van der Waals surface area contributed by atoms with Gasteiger partial charge in [-0.25, -0.2) is 0 Å². The summed E-state index contributed by atoms with van der Waals surface area (Å²) in [4.78, 5) is 26.4. The number of carbonyl (C=O) groups is 2. The number of nitrogens with one attached hydrogen (secondary N) is 1. The van der Waals surface area contributed by atoms with Gasteiger partial charge in [0.15, 0.2) is 0 Å². The number of carbonyl (C=O) groups excluding carboxylic acids is 2. The minimum atomic E-state index is -0.165. The van der Waals surface area contributed by atoms with Crippen LogP contribution in [0.1, 0.15) is 20.7 Å². The van der Waals surface area contributed by atoms with Crippen LogP contribution >= 0.6 is 0 Å². The Bertz CT molecular complexity index is 405. The smallest absolute Gasteiger partial charge is 0.261 e. The first-order chi connectivity index (χ1) is 7.61. The lowest BCUT2D eigenvalue weighted by atomic mass is 10.1. The number of likely N-dealkylation sites (N-methyl/N-ethyl adjacent to an activating group) is 1. The van der Waals surface area contributed by atoms with Crippen molar-refractivity contribution in [2.45, 2.75) is 0 Å². The average molecular weight is 219 g/mol. The molecule has 0 atom stereocenters. The van der Waals surface area contributed by atoms with Crippen LogP contribution in [0.5, 0.6) is 0 Å². The topological polar surface area (TPSA) is 41.8 Å². The van der Waals surface area contributed by atoms with Gasteiger partial charge in [0.25, 0.3) is 11.8 Å². The number of imide groups is 1. The second kappa shape index (κ2) is 4.06. The van der Waals surface area contributed by atoms with Gasteiger partial charge in [-0.05, 0) is 12.1 Å². The van der Waals surface area contributed by atoms with Gasteiger partial charge >= 0.3 is 0 Å². The van der Waals surface area contributed by atoms with Crippen LogP contribution in [0.15, 0.2) is 24.3 Å². The highest BCUT2D eigenvalue weighted by molar-refractivity contribution is 6.21. The van der Waals surface area contributed by atoms with Gasteiger partial charge in [-0.1, -0.05) is 12.1 Å². The Morgan fingerprint density at radius 2 is 1.56 bits per heavy atom. The second-order valence-electron chi connectivity index (χ2n) is 4.26. The maximum Gasteiger partial charge on any atom is 0.261 e. The van der Waals surface area contributed by atoms with E-state index < -0.39 is 0 Å². The van der Waals surface area contributed by atoms with Crippen LogP contribution in [-0.2, 0) is 0 Å². The van der Waals surface area contributed by atoms with E-state index >= 15 is 0 Å². The van der Waals surface area contributed by atoms with Gasteiger partial charge in [0.2, 0.25) is 0 Å². The predicted octanol–water partition coefficient (Wildman–Crippen LogP) is -0.573. The van der Waals surface area contributed by atoms with E-state index in [9.17, 15) is 9.59 Å². The van der Waals surface area contributed by atoms with Crippen LogP contribution in [0.2, 0.25) is 0 Å². The molecule has 1 aromatic carbocycles. The largest absolute Gasteiger partial charge is 0.338 e. The summed E-state index contributed by atoms with van der Waals surface area (Å²) in [5, 5.41) is 0. The normalized spacial score (nSPS) is 14.8. The number of rotatable bonds is 3. The summed E-state index contributed by atoms with van der Waals surface area (Å²) in [6, 6.07) is 6.98. The lowest BCUT2D eigenvalue weighted by molar-refractivity contribution is -0.857. The zero-order valence-electron chi connectivity index (χ0n) is 9.49. The molecule has 0 aromatic heterocycles. The van der Waals surface area contributed by atoms with Crippen molar-refractivity contribution in [2.75, 3.05) is 27.2 Å². The maximum absolute atomic E-state index is 11.9. The number of fused-ring (bicyclic) bond motifs is 1. The Labute approximate surface area is 94.5 Å². The summed E-state index contributed by atoms with van der Waals surface area (Å²) in [7, 11) is 4.00. The maximum atomic E-state index is 11.9. The molecule has 0 unspecified atom stereocenters. The molecule has 1 aliphatic heterocycles. The molecule has 4 heteroatoms. The lowest BCUT2D eigenvalue weighted by Crippen LogP contribution is -3.06. The number of quaternary nitrogens is 1. The van der Waals surface area contributed by atoms with Crippen molar-refractivity contribution in [3.8, 4) is 0 Å². The summed E-state index contributed by atoms with van der Waals surface area (Å²) in [6.45, 7) is 1.25. The number of nitrogens with zero attached hydrogens (tertiary/aromatic N) is 1. The number of hydrogen-bond donors (Lipinski definition) is 1. The Hall–Kier alpha value is -1.68. The van der Waals surface area contributed by atoms with Crippen LogP contribution in [0.25, 0.3) is 0 Å². The second-order valence-corrected chi connectivity index (χ2v) is 4.26. The minimum Gasteiger partial charge on any atom is -0.338 e. The Kier molecular flexibility index (Phi) is 2.75. The number of amides is 2. The highest BCUT2D eigenvalue weighted by Crippen LogP contribution is 2.21. The van der Waals surface area contributed by atoms with Gasteiger partial charge in [-0.3, -0.25) is 14.5 Å². The Morgan fingerprint density at radius 3 is 2.00 bits per heavy atom. The molecule has 1 aliphatic rings. The van der Waals surface area contributed by atoms with E-state index in [1.807, 2.05) is 14.1 Å². The van der Waals surface area contributed by atoms with Crippen LogP contribution in [0.3, 0.4) is 0 Å². The number of benzene rings is 1. The first-order valence-corrected chi connectivity index (χ1v) is 5.35. The standard InChI is InChI=1S/C12H14N2O2/c1-13(2)7-8-14-11(15)9-5-3-4-6-10(9)12(14)16/h3-6H,7-8H2,1-2H3/p+1. The third-order valence-corrected chi connectivity index (χ3v) is 2.71. The van der Waals surface area contributed by atoms with E-state index in [0.29, 0.717) is 17.7 Å². The zero-order chi connectivity index (χ0) is 11.7. The van der Waals surface area contributed by atoms with Gasteiger partial charge < -0.3 is 4.90 Å². The van der Waals surface area contributed by atoms with Crippen molar-refractivity contribution in [3.05, 3.63) is 35.4 Å². The van der Waals surface area contributed by atoms with E-state index in [1.54, 1.807) is 24.3 Å². The molecule has 0 saturated heterocycles. The molecule has 4 nitrogen and oxygen atoms in total. The Balaban J connectivity index is 2.22. The molecule has 0 saturated carbocycles. The van der Waals surface area contributed by atoms with Crippen LogP contribution in [0.4, 0.5) is 0 Å². The first-order valence-electron chi connectivity index (χ1n) is 5.35. The van der Waals surface area contributed by atoms with Gasteiger partial charge in [0, 0.05) is 0 Å². The summed E-state index contributed by atoms with van der Waals surface area (Å²) in [5.41, 5.74) is 1.06. The van der Waals surface area contributed by atoms with E-state index in [-0.39, 0.29) is 11.8 Å². The summed E-state index contributed by atoms with van der Waals surface area (Å²) >= 11 is 0. The summed E-state index contributed by atoms with van der Waals surface area (Å²) in [5.74, 6) is -0.330.